The molecule has 6 nitrogen and oxygen atoms in total. The Morgan fingerprint density at radius 1 is 1.23 bits per heavy atom. The fourth-order valence-electron chi connectivity index (χ4n) is 2.09. The Hall–Kier alpha value is -2.71. The molecule has 0 aliphatic rings. The molecule has 0 amide bonds. The number of aromatic nitrogens is 1. The summed E-state index contributed by atoms with van der Waals surface area (Å²) in [5.74, 6) is 1.99. The predicted molar refractivity (Wildman–Crippen MR) is 91.0 cm³/mol. The van der Waals surface area contributed by atoms with E-state index in [0.717, 1.165) is 17.0 Å². The van der Waals surface area contributed by atoms with Crippen LogP contribution in [0.15, 0.2) is 33.7 Å². The Bertz CT molecular complexity index is 737. The molecule has 9 heteroatoms. The summed E-state index contributed by atoms with van der Waals surface area (Å²) >= 11 is 0. The lowest BCUT2D eigenvalue weighted by Gasteiger charge is -2.12. The largest absolute Gasteiger partial charge is 0.484 e. The summed E-state index contributed by atoms with van der Waals surface area (Å²) in [6.45, 7) is 3.12. The van der Waals surface area contributed by atoms with Crippen LogP contribution in [0.25, 0.3) is 0 Å². The number of ether oxygens (including phenoxy) is 1. The van der Waals surface area contributed by atoms with Crippen LogP contribution in [-0.4, -0.2) is 30.8 Å². The maximum absolute atomic E-state index is 12.2. The molecule has 142 valence electrons. The van der Waals surface area contributed by atoms with Gasteiger partial charge in [-0.25, -0.2) is 4.98 Å². The molecule has 0 atom stereocenters. The van der Waals surface area contributed by atoms with Gasteiger partial charge in [0.05, 0.1) is 12.2 Å². The SMILES string of the molecule is CN=C(NCc1cccc(OCC(F)(F)F)c1)NCc1nc(C)c(C)o1. The molecule has 0 radical (unpaired) electrons. The van der Waals surface area contributed by atoms with E-state index in [1.165, 1.54) is 6.07 Å². The van der Waals surface area contributed by atoms with Crippen LogP contribution >= 0.6 is 0 Å². The normalized spacial score (nSPS) is 12.2. The van der Waals surface area contributed by atoms with Gasteiger partial charge in [-0.1, -0.05) is 12.1 Å². The molecule has 26 heavy (non-hydrogen) atoms. The summed E-state index contributed by atoms with van der Waals surface area (Å²) in [5.41, 5.74) is 1.59. The highest BCUT2D eigenvalue weighted by molar-refractivity contribution is 5.79. The number of nitrogens with one attached hydrogen (secondary N) is 2. The quantitative estimate of drug-likeness (QED) is 0.604. The number of aryl methyl sites for hydroxylation is 2. The van der Waals surface area contributed by atoms with Gasteiger partial charge >= 0.3 is 6.18 Å². The Morgan fingerprint density at radius 3 is 2.58 bits per heavy atom. The number of guanidine groups is 1. The van der Waals surface area contributed by atoms with Crippen molar-refractivity contribution in [1.29, 1.82) is 0 Å². The highest BCUT2D eigenvalue weighted by Crippen LogP contribution is 2.19. The maximum atomic E-state index is 12.2. The van der Waals surface area contributed by atoms with Gasteiger partial charge in [0.15, 0.2) is 12.6 Å². The molecular formula is C17H21F3N4O2. The molecule has 0 saturated carbocycles. The molecule has 0 unspecified atom stereocenters. The average molecular weight is 370 g/mol. The molecule has 1 heterocycles. The van der Waals surface area contributed by atoms with Crippen LogP contribution in [0.1, 0.15) is 22.9 Å². The van der Waals surface area contributed by atoms with Gasteiger partial charge in [-0.15, -0.1) is 0 Å². The molecule has 2 N–H and O–H groups in total. The number of rotatable bonds is 6. The second-order valence-electron chi connectivity index (χ2n) is 5.58. The Labute approximate surface area is 149 Å². The Balaban J connectivity index is 1.85. The third-order valence-corrected chi connectivity index (χ3v) is 3.46. The van der Waals surface area contributed by atoms with Crippen molar-refractivity contribution in [3.63, 3.8) is 0 Å². The number of nitrogens with zero attached hydrogens (tertiary/aromatic N) is 2. The fraction of sp³-hybridized carbons (Fsp3) is 0.412. The summed E-state index contributed by atoms with van der Waals surface area (Å²) in [5, 5.41) is 6.13. The van der Waals surface area contributed by atoms with Crippen LogP contribution in [0.2, 0.25) is 0 Å². The standard InChI is InChI=1S/C17H21F3N4O2/c1-11-12(2)26-15(24-11)9-23-16(21-3)22-8-13-5-4-6-14(7-13)25-10-17(18,19)20/h4-7H,8-10H2,1-3H3,(H2,21,22,23). The number of halogens is 3. The third kappa shape index (κ3) is 6.30. The number of aliphatic imine (C=N–C) groups is 1. The monoisotopic (exact) mass is 370 g/mol. The lowest BCUT2D eigenvalue weighted by Crippen LogP contribution is -2.36. The first-order valence-electron chi connectivity index (χ1n) is 7.93. The zero-order valence-electron chi connectivity index (χ0n) is 14.8. The van der Waals surface area contributed by atoms with Gasteiger partial charge < -0.3 is 19.8 Å². The molecule has 0 aliphatic heterocycles. The van der Waals surface area contributed by atoms with Gasteiger partial charge in [-0.2, -0.15) is 13.2 Å². The lowest BCUT2D eigenvalue weighted by molar-refractivity contribution is -0.153. The zero-order valence-corrected chi connectivity index (χ0v) is 14.8. The third-order valence-electron chi connectivity index (χ3n) is 3.46. The minimum absolute atomic E-state index is 0.162. The van der Waals surface area contributed by atoms with Gasteiger partial charge in [0.25, 0.3) is 0 Å². The first-order chi connectivity index (χ1) is 12.3. The molecule has 0 fully saturated rings. The first-order valence-corrected chi connectivity index (χ1v) is 7.93. The van der Waals surface area contributed by atoms with E-state index in [2.05, 4.69) is 20.6 Å². The highest BCUT2D eigenvalue weighted by atomic mass is 19.4. The summed E-state index contributed by atoms with van der Waals surface area (Å²) in [7, 11) is 1.62. The smallest absolute Gasteiger partial charge is 0.422 e. The minimum atomic E-state index is -4.36. The molecule has 1 aromatic heterocycles. The van der Waals surface area contributed by atoms with E-state index in [-0.39, 0.29) is 5.75 Å². The van der Waals surface area contributed by atoms with Crippen molar-refractivity contribution in [2.75, 3.05) is 13.7 Å². The van der Waals surface area contributed by atoms with Gasteiger partial charge in [-0.05, 0) is 31.5 Å². The maximum Gasteiger partial charge on any atom is 0.422 e. The minimum Gasteiger partial charge on any atom is -0.484 e. The number of hydrogen-bond acceptors (Lipinski definition) is 4. The van der Waals surface area contributed by atoms with E-state index in [9.17, 15) is 13.2 Å². The van der Waals surface area contributed by atoms with Crippen LogP contribution in [0.4, 0.5) is 13.2 Å². The number of benzene rings is 1. The van der Waals surface area contributed by atoms with Gasteiger partial charge in [-0.3, -0.25) is 4.99 Å². The van der Waals surface area contributed by atoms with Crippen LogP contribution in [-0.2, 0) is 13.1 Å². The summed E-state index contributed by atoms with van der Waals surface area (Å²) in [4.78, 5) is 8.35. The van der Waals surface area contributed by atoms with Crippen LogP contribution < -0.4 is 15.4 Å². The average Bonchev–Trinajstić information content (AvgIpc) is 2.91. The lowest BCUT2D eigenvalue weighted by atomic mass is 10.2. The van der Waals surface area contributed by atoms with Crippen molar-refractivity contribution in [2.24, 2.45) is 4.99 Å². The van der Waals surface area contributed by atoms with Crippen molar-refractivity contribution < 1.29 is 22.3 Å². The Morgan fingerprint density at radius 2 is 1.96 bits per heavy atom. The van der Waals surface area contributed by atoms with E-state index in [1.807, 2.05) is 13.8 Å². The van der Waals surface area contributed by atoms with Crippen molar-refractivity contribution in [3.05, 3.63) is 47.2 Å². The molecule has 1 aromatic carbocycles. The first kappa shape index (κ1) is 19.6. The number of hydrogen-bond donors (Lipinski definition) is 2. The fourth-order valence-corrected chi connectivity index (χ4v) is 2.09. The van der Waals surface area contributed by atoms with E-state index in [4.69, 9.17) is 9.15 Å². The predicted octanol–water partition coefficient (Wildman–Crippen LogP) is 3.10. The van der Waals surface area contributed by atoms with Gasteiger partial charge in [0.1, 0.15) is 11.5 Å². The molecule has 2 rings (SSSR count). The van der Waals surface area contributed by atoms with Crippen LogP contribution in [0.5, 0.6) is 5.75 Å². The second-order valence-corrected chi connectivity index (χ2v) is 5.58. The molecule has 0 spiro atoms. The van der Waals surface area contributed by atoms with Crippen LogP contribution in [0.3, 0.4) is 0 Å². The topological polar surface area (TPSA) is 71.7 Å². The molecule has 2 aromatic rings. The number of oxazole rings is 1. The molecular weight excluding hydrogens is 349 g/mol. The van der Waals surface area contributed by atoms with Crippen molar-refractivity contribution in [3.8, 4) is 5.75 Å². The van der Waals surface area contributed by atoms with E-state index in [1.54, 1.807) is 25.2 Å². The van der Waals surface area contributed by atoms with Crippen molar-refractivity contribution in [1.82, 2.24) is 15.6 Å². The zero-order chi connectivity index (χ0) is 19.2. The van der Waals surface area contributed by atoms with Crippen molar-refractivity contribution in [2.45, 2.75) is 33.1 Å². The van der Waals surface area contributed by atoms with E-state index in [0.29, 0.717) is 24.9 Å². The van der Waals surface area contributed by atoms with E-state index < -0.39 is 12.8 Å². The summed E-state index contributed by atoms with van der Waals surface area (Å²) < 4.78 is 46.9. The summed E-state index contributed by atoms with van der Waals surface area (Å²) in [6.07, 6.45) is -4.36. The highest BCUT2D eigenvalue weighted by Gasteiger charge is 2.28. The van der Waals surface area contributed by atoms with Gasteiger partial charge in [0, 0.05) is 13.6 Å². The molecule has 0 aliphatic carbocycles. The van der Waals surface area contributed by atoms with Crippen molar-refractivity contribution >= 4 is 5.96 Å². The Kier molecular flexibility index (Phi) is 6.48. The van der Waals surface area contributed by atoms with Gasteiger partial charge in [0.2, 0.25) is 5.89 Å². The molecule has 0 bridgehead atoms. The number of alkyl halides is 3. The van der Waals surface area contributed by atoms with Crippen LogP contribution in [0, 0.1) is 13.8 Å². The van der Waals surface area contributed by atoms with E-state index >= 15 is 0 Å². The summed E-state index contributed by atoms with van der Waals surface area (Å²) in [6, 6.07) is 6.45. The second kappa shape index (κ2) is 8.59. The molecule has 0 saturated heterocycles.